The largest absolute Gasteiger partial charge is 0.335 e. The van der Waals surface area contributed by atoms with E-state index in [1.54, 1.807) is 42.5 Å². The fraction of sp³-hybridized carbons (Fsp3) is 0.105. The molecule has 4 rings (SSSR count). The molecule has 2 aromatic carbocycles. The molecule has 1 aliphatic rings. The first-order chi connectivity index (χ1) is 14.2. The molecule has 1 N–H and O–H groups in total. The second kappa shape index (κ2) is 7.75. The Morgan fingerprint density at radius 1 is 1.03 bits per heavy atom. The van der Waals surface area contributed by atoms with Crippen molar-refractivity contribution in [2.24, 2.45) is 0 Å². The maximum Gasteiger partial charge on any atom is 0.335 e. The summed E-state index contributed by atoms with van der Waals surface area (Å²) in [5.41, 5.74) is 1.50. The zero-order valence-electron chi connectivity index (χ0n) is 15.6. The number of amides is 2. The van der Waals surface area contributed by atoms with Crippen LogP contribution >= 0.6 is 23.2 Å². The molecule has 0 spiro atoms. The molecule has 3 aromatic rings. The minimum absolute atomic E-state index is 0.111. The number of halogens is 2. The fourth-order valence-electron chi connectivity index (χ4n) is 3.10. The van der Waals surface area contributed by atoms with Crippen LogP contribution in [0.15, 0.2) is 54.7 Å². The highest BCUT2D eigenvalue weighted by atomic mass is 35.5. The van der Waals surface area contributed by atoms with Crippen LogP contribution in [-0.2, 0) is 16.6 Å². The summed E-state index contributed by atoms with van der Waals surface area (Å²) in [4.78, 5) is 24.7. The zero-order chi connectivity index (χ0) is 21.5. The first kappa shape index (κ1) is 20.4. The summed E-state index contributed by atoms with van der Waals surface area (Å²) in [5, 5.41) is 0.646. The third-order valence-corrected chi connectivity index (χ3v) is 5.47. The van der Waals surface area contributed by atoms with Gasteiger partial charge in [0.1, 0.15) is 0 Å². The summed E-state index contributed by atoms with van der Waals surface area (Å²) in [7, 11) is -3.59. The third kappa shape index (κ3) is 3.91. The number of anilines is 4. The van der Waals surface area contributed by atoms with Gasteiger partial charge in [0.05, 0.1) is 34.2 Å². The minimum Gasteiger partial charge on any atom is -0.286 e. The number of aromatic nitrogens is 2. The maximum atomic E-state index is 13.5. The van der Waals surface area contributed by atoms with Crippen LogP contribution in [0.4, 0.5) is 27.9 Å². The predicted molar refractivity (Wildman–Crippen MR) is 117 cm³/mol. The lowest BCUT2D eigenvalue weighted by atomic mass is 10.1. The Labute approximate surface area is 183 Å². The molecule has 30 heavy (non-hydrogen) atoms. The van der Waals surface area contributed by atoms with Crippen LogP contribution in [0, 0.1) is 0 Å². The van der Waals surface area contributed by atoms with Gasteiger partial charge in [-0.1, -0.05) is 47.5 Å². The number of para-hydroxylation sites is 2. The highest BCUT2D eigenvalue weighted by Gasteiger charge is 2.36. The summed E-state index contributed by atoms with van der Waals surface area (Å²) in [5.74, 6) is 0.140. The van der Waals surface area contributed by atoms with Gasteiger partial charge in [-0.2, -0.15) is 4.98 Å². The molecule has 11 heteroatoms. The van der Waals surface area contributed by atoms with Crippen molar-refractivity contribution < 1.29 is 13.2 Å². The summed E-state index contributed by atoms with van der Waals surface area (Å²) in [6, 6.07) is 13.4. The van der Waals surface area contributed by atoms with E-state index in [1.807, 2.05) is 6.07 Å². The van der Waals surface area contributed by atoms with E-state index < -0.39 is 16.1 Å². The Balaban J connectivity index is 1.88. The Kier molecular flexibility index (Phi) is 5.27. The molecule has 2 amide bonds. The van der Waals surface area contributed by atoms with Gasteiger partial charge >= 0.3 is 6.03 Å². The molecule has 0 unspecified atom stereocenters. The third-order valence-electron chi connectivity index (χ3n) is 4.30. The normalized spacial score (nSPS) is 13.9. The number of benzene rings is 2. The van der Waals surface area contributed by atoms with Gasteiger partial charge in [0.15, 0.2) is 5.82 Å². The van der Waals surface area contributed by atoms with Crippen LogP contribution in [0.25, 0.3) is 0 Å². The van der Waals surface area contributed by atoms with Gasteiger partial charge in [-0.25, -0.2) is 23.1 Å². The van der Waals surface area contributed by atoms with Crippen molar-refractivity contribution in [1.82, 2.24) is 9.97 Å². The van der Waals surface area contributed by atoms with Crippen molar-refractivity contribution in [3.63, 3.8) is 0 Å². The smallest absolute Gasteiger partial charge is 0.286 e. The van der Waals surface area contributed by atoms with E-state index in [1.165, 1.54) is 16.0 Å². The fourth-order valence-corrected chi connectivity index (χ4v) is 4.13. The number of urea groups is 1. The molecule has 1 aliphatic heterocycles. The number of hydrogen-bond acceptors (Lipinski definition) is 5. The standard InChI is InChI=1S/C19H15Cl2N5O3S/c1-30(28,29)24-18-22-10-12-11-25(16-14(20)8-5-9-15(16)21)19(27)26(17(12)23-18)13-6-3-2-4-7-13/h2-10H,11H2,1H3,(H,22,23,24). The van der Waals surface area contributed by atoms with E-state index in [9.17, 15) is 13.2 Å². The molecule has 0 atom stereocenters. The van der Waals surface area contributed by atoms with E-state index >= 15 is 0 Å². The van der Waals surface area contributed by atoms with Crippen LogP contribution < -0.4 is 14.5 Å². The summed E-state index contributed by atoms with van der Waals surface area (Å²) >= 11 is 12.7. The number of rotatable bonds is 4. The molecule has 0 radical (unpaired) electrons. The van der Waals surface area contributed by atoms with Crippen molar-refractivity contribution in [2.75, 3.05) is 20.8 Å². The topological polar surface area (TPSA) is 95.5 Å². The lowest BCUT2D eigenvalue weighted by Gasteiger charge is -2.36. The van der Waals surface area contributed by atoms with Gasteiger partial charge in [0.25, 0.3) is 0 Å². The second-order valence-corrected chi connectivity index (χ2v) is 9.09. The van der Waals surface area contributed by atoms with Crippen LogP contribution in [0.2, 0.25) is 10.0 Å². The van der Waals surface area contributed by atoms with Gasteiger partial charge in [0.2, 0.25) is 16.0 Å². The van der Waals surface area contributed by atoms with E-state index in [2.05, 4.69) is 14.7 Å². The first-order valence-electron chi connectivity index (χ1n) is 8.69. The molecule has 0 saturated heterocycles. The molecule has 154 valence electrons. The van der Waals surface area contributed by atoms with Crippen LogP contribution in [-0.4, -0.2) is 30.7 Å². The van der Waals surface area contributed by atoms with Crippen molar-refractivity contribution in [2.45, 2.75) is 6.54 Å². The Hall–Kier alpha value is -2.88. The van der Waals surface area contributed by atoms with E-state index in [0.717, 1.165) is 6.26 Å². The highest BCUT2D eigenvalue weighted by Crippen LogP contribution is 2.41. The lowest BCUT2D eigenvalue weighted by Crippen LogP contribution is -2.45. The number of nitrogens with one attached hydrogen (secondary N) is 1. The van der Waals surface area contributed by atoms with Gasteiger partial charge in [-0.3, -0.25) is 9.62 Å². The van der Waals surface area contributed by atoms with Gasteiger partial charge in [-0.05, 0) is 24.3 Å². The van der Waals surface area contributed by atoms with Crippen LogP contribution in [0.1, 0.15) is 5.56 Å². The van der Waals surface area contributed by atoms with Gasteiger partial charge in [0, 0.05) is 11.8 Å². The van der Waals surface area contributed by atoms with Crippen molar-refractivity contribution in [1.29, 1.82) is 0 Å². The molecule has 1 aromatic heterocycles. The molecular weight excluding hydrogens is 449 g/mol. The number of carbonyl (C=O) groups is 1. The molecule has 2 heterocycles. The summed E-state index contributed by atoms with van der Waals surface area (Å²) in [6.07, 6.45) is 2.47. The van der Waals surface area contributed by atoms with Crippen molar-refractivity contribution in [3.05, 3.63) is 70.3 Å². The second-order valence-electron chi connectivity index (χ2n) is 6.53. The van der Waals surface area contributed by atoms with Crippen LogP contribution in [0.5, 0.6) is 0 Å². The summed E-state index contributed by atoms with van der Waals surface area (Å²) < 4.78 is 25.4. The molecule has 0 aliphatic carbocycles. The number of sulfonamides is 1. The molecule has 0 fully saturated rings. The van der Waals surface area contributed by atoms with Crippen molar-refractivity contribution in [3.8, 4) is 0 Å². The quantitative estimate of drug-likeness (QED) is 0.616. The Bertz CT molecular complexity index is 1220. The minimum atomic E-state index is -3.59. The highest BCUT2D eigenvalue weighted by molar-refractivity contribution is 7.91. The summed E-state index contributed by atoms with van der Waals surface area (Å²) in [6.45, 7) is 0.111. The Morgan fingerprint density at radius 3 is 2.33 bits per heavy atom. The van der Waals surface area contributed by atoms with Gasteiger partial charge in [-0.15, -0.1) is 0 Å². The average molecular weight is 464 g/mol. The molecular formula is C19H15Cl2N5O3S. The molecule has 0 bridgehead atoms. The van der Waals surface area contributed by atoms with E-state index in [0.29, 0.717) is 27.0 Å². The number of nitrogens with zero attached hydrogens (tertiary/aromatic N) is 4. The lowest BCUT2D eigenvalue weighted by molar-refractivity contribution is 0.252. The van der Waals surface area contributed by atoms with Crippen molar-refractivity contribution >= 4 is 62.4 Å². The SMILES string of the molecule is CS(=O)(=O)Nc1ncc2c(n1)N(c1ccccc1)C(=O)N(c1c(Cl)cccc1Cl)C2. The predicted octanol–water partition coefficient (Wildman–Crippen LogP) is 4.43. The Morgan fingerprint density at radius 2 is 1.70 bits per heavy atom. The van der Waals surface area contributed by atoms with Crippen LogP contribution in [0.3, 0.4) is 0 Å². The monoisotopic (exact) mass is 463 g/mol. The van der Waals surface area contributed by atoms with Gasteiger partial charge < -0.3 is 0 Å². The number of fused-ring (bicyclic) bond motifs is 1. The number of hydrogen-bond donors (Lipinski definition) is 1. The first-order valence-corrected chi connectivity index (χ1v) is 11.3. The average Bonchev–Trinajstić information content (AvgIpc) is 2.68. The number of carbonyl (C=O) groups excluding carboxylic acids is 1. The zero-order valence-corrected chi connectivity index (χ0v) is 17.9. The molecule has 8 nitrogen and oxygen atoms in total. The van der Waals surface area contributed by atoms with E-state index in [-0.39, 0.29) is 18.3 Å². The maximum absolute atomic E-state index is 13.5. The molecule has 0 saturated carbocycles. The van der Waals surface area contributed by atoms with E-state index in [4.69, 9.17) is 23.2 Å².